The lowest BCUT2D eigenvalue weighted by Gasteiger charge is -2.38. The van der Waals surface area contributed by atoms with E-state index < -0.39 is 72.5 Å². The van der Waals surface area contributed by atoms with Crippen LogP contribution in [0.3, 0.4) is 0 Å². The Morgan fingerprint density at radius 2 is 1.13 bits per heavy atom. The van der Waals surface area contributed by atoms with Crippen molar-refractivity contribution in [3.63, 3.8) is 0 Å². The highest BCUT2D eigenvalue weighted by atomic mass is 79.9. The van der Waals surface area contributed by atoms with Crippen LogP contribution in [-0.4, -0.2) is 195 Å². The highest BCUT2D eigenvalue weighted by Gasteiger charge is 2.28. The molecule has 15 N–H and O–H groups in total. The number of carbonyl (C=O) groups is 9. The van der Waals surface area contributed by atoms with E-state index in [-0.39, 0.29) is 64.1 Å². The van der Waals surface area contributed by atoms with Crippen LogP contribution in [-0.2, 0) is 53.1 Å². The van der Waals surface area contributed by atoms with E-state index in [0.29, 0.717) is 81.6 Å². The van der Waals surface area contributed by atoms with Gasteiger partial charge in [0.2, 0.25) is 23.6 Å². The van der Waals surface area contributed by atoms with Crippen molar-refractivity contribution in [1.29, 1.82) is 0 Å². The second-order valence-electron chi connectivity index (χ2n) is 18.9. The van der Waals surface area contributed by atoms with Crippen molar-refractivity contribution in [1.82, 2.24) is 40.4 Å². The third kappa shape index (κ3) is 23.9. The molecule has 0 aliphatic carbocycles. The molecule has 1 aliphatic rings. The summed E-state index contributed by atoms with van der Waals surface area (Å²) < 4.78 is 0.853. The summed E-state index contributed by atoms with van der Waals surface area (Å²) in [6, 6.07) is 17.6. The summed E-state index contributed by atoms with van der Waals surface area (Å²) in [5.74, 6) is -6.51. The van der Waals surface area contributed by atoms with Gasteiger partial charge in [-0.1, -0.05) is 52.3 Å². The van der Waals surface area contributed by atoms with Crippen LogP contribution in [0.5, 0.6) is 0 Å². The topological polar surface area (TPSA) is 383 Å². The number of amides is 7. The van der Waals surface area contributed by atoms with Crippen LogP contribution >= 0.6 is 28.1 Å². The molecule has 0 saturated carbocycles. The number of thiocarbonyl (C=S) groups is 1. The zero-order chi connectivity index (χ0) is 57.3. The summed E-state index contributed by atoms with van der Waals surface area (Å²) in [5.41, 5.74) is 26.2. The zero-order valence-corrected chi connectivity index (χ0v) is 45.6. The molecule has 0 aromatic heterocycles. The third-order valence-corrected chi connectivity index (χ3v) is 13.4. The summed E-state index contributed by atoms with van der Waals surface area (Å²) in [6.45, 7) is 3.04. The van der Waals surface area contributed by atoms with Gasteiger partial charge >= 0.3 is 23.9 Å². The van der Waals surface area contributed by atoms with Crippen LogP contribution in [0, 0.1) is 0 Å². The maximum absolute atomic E-state index is 14.0. The fraction of sp³-hybridized carbons (Fsp3) is 0.451. The molecule has 1 heterocycles. The van der Waals surface area contributed by atoms with Crippen molar-refractivity contribution in [2.24, 2.45) is 22.9 Å². The van der Waals surface area contributed by atoms with Crippen LogP contribution in [0.15, 0.2) is 77.3 Å². The number of carbonyl (C=O) groups excluding carboxylic acids is 6. The van der Waals surface area contributed by atoms with Crippen molar-refractivity contribution >= 4 is 92.4 Å². The van der Waals surface area contributed by atoms with Gasteiger partial charge in [0.1, 0.15) is 12.1 Å². The lowest BCUT2D eigenvalue weighted by molar-refractivity contribution is -0.141. The number of unbranched alkanes of at least 4 members (excludes halogenated alkanes) is 1. The van der Waals surface area contributed by atoms with E-state index in [2.05, 4.69) is 37.2 Å². The Hall–Kier alpha value is -7.30. The molecular formula is C51H70BrN13O12S. The Morgan fingerprint density at radius 3 is 1.67 bits per heavy atom. The Morgan fingerprint density at radius 1 is 0.628 bits per heavy atom. The quantitative estimate of drug-likeness (QED) is 0.0334. The highest BCUT2D eigenvalue weighted by molar-refractivity contribution is 9.10. The molecule has 1 saturated heterocycles. The minimum atomic E-state index is -1.54. The monoisotopic (exact) mass is 1170 g/mol. The first kappa shape index (κ1) is 63.2. The standard InChI is InChI=1S/C51H70BrN13O12S/c52-37-12-6-35(7-13-37)27-65(18-2-1-3-40(48(73)74)59-50(77)60-41(49(75)76)16-17-46(70)71)47(72)36-10-4-34(5-11-36)26-57-51(78)58-38-14-8-33(9-15-38)25-39-28-63(31-44(55)68)22-21-61(29-42(53)66)19-20-62(30-43(54)67)23-24-64(39)32-45(56)69/h4-15,39-41H,1-3,16-32H2,(H2,53,66)(H2,54,67)(H2,55,68)(H2,56,69)(H,70,71)(H,73,74)(H,75,76)(H2,57,58,78)(H2,59,60,77)/t39?,40?,41-/m1/s1. The Kier molecular flexibility index (Phi) is 26.3. The smallest absolute Gasteiger partial charge is 0.326 e. The van der Waals surface area contributed by atoms with Gasteiger partial charge in [0, 0.05) is 93.6 Å². The van der Waals surface area contributed by atoms with Gasteiger partial charge in [-0.3, -0.25) is 48.4 Å². The fourth-order valence-electron chi connectivity index (χ4n) is 8.63. The van der Waals surface area contributed by atoms with E-state index in [1.807, 2.05) is 68.1 Å². The first-order chi connectivity index (χ1) is 37.0. The molecule has 424 valence electrons. The number of primary amides is 4. The molecule has 1 aliphatic heterocycles. The number of halogens is 1. The molecule has 0 radical (unpaired) electrons. The number of aliphatic carboxylic acids is 3. The van der Waals surface area contributed by atoms with Crippen LogP contribution in [0.25, 0.3) is 0 Å². The number of benzene rings is 3. The summed E-state index contributed by atoms with van der Waals surface area (Å²) in [5, 5.41) is 39.1. The number of carboxylic acid groups (broad SMARTS) is 3. The molecule has 3 aromatic rings. The number of hydrogen-bond acceptors (Lipinski definition) is 14. The zero-order valence-electron chi connectivity index (χ0n) is 43.1. The fourth-order valence-corrected chi connectivity index (χ4v) is 9.08. The SMILES string of the molecule is NC(=O)CN1CCN(CC(N)=O)CCN(CC(N)=O)C(Cc2ccc(NC(=S)NCc3ccc(C(=O)N(CCCCC(NC(=O)N[C@H](CCC(=O)O)C(=O)O)C(=O)O)Cc4ccc(Br)cc4)cc3)cc2)CN(CC(N)=O)CC1. The molecule has 0 spiro atoms. The third-order valence-electron chi connectivity index (χ3n) is 12.6. The maximum Gasteiger partial charge on any atom is 0.326 e. The van der Waals surface area contributed by atoms with Gasteiger partial charge in [-0.2, -0.15) is 0 Å². The molecule has 2 unspecified atom stereocenters. The minimum Gasteiger partial charge on any atom is -0.481 e. The Bertz CT molecular complexity index is 2550. The highest BCUT2D eigenvalue weighted by Crippen LogP contribution is 2.19. The van der Waals surface area contributed by atoms with Crippen LogP contribution in [0.4, 0.5) is 10.5 Å². The van der Waals surface area contributed by atoms with Gasteiger partial charge in [0.25, 0.3) is 5.91 Å². The van der Waals surface area contributed by atoms with E-state index in [0.717, 1.165) is 21.2 Å². The van der Waals surface area contributed by atoms with Gasteiger partial charge in [0.15, 0.2) is 5.11 Å². The van der Waals surface area contributed by atoms with Gasteiger partial charge < -0.3 is 64.4 Å². The molecular weight excluding hydrogens is 1100 g/mol. The van der Waals surface area contributed by atoms with Crippen molar-refractivity contribution in [3.05, 3.63) is 99.5 Å². The van der Waals surface area contributed by atoms with Gasteiger partial charge in [-0.05, 0) is 97.4 Å². The molecule has 3 atom stereocenters. The lowest BCUT2D eigenvalue weighted by atomic mass is 10.0. The minimum absolute atomic E-state index is 0.0297. The number of hydrogen-bond donors (Lipinski definition) is 11. The predicted molar refractivity (Wildman–Crippen MR) is 295 cm³/mol. The molecule has 0 bridgehead atoms. The largest absolute Gasteiger partial charge is 0.481 e. The van der Waals surface area contributed by atoms with Crippen molar-refractivity contribution in [2.75, 3.05) is 83.9 Å². The average molecular weight is 1170 g/mol. The number of nitrogens with one attached hydrogen (secondary N) is 4. The molecule has 78 heavy (non-hydrogen) atoms. The molecule has 1 fully saturated rings. The van der Waals surface area contributed by atoms with Crippen LogP contribution < -0.4 is 44.2 Å². The van der Waals surface area contributed by atoms with Gasteiger partial charge in [0.05, 0.1) is 26.2 Å². The van der Waals surface area contributed by atoms with E-state index in [4.69, 9.17) is 40.3 Å². The number of rotatable bonds is 28. The van der Waals surface area contributed by atoms with E-state index in [9.17, 15) is 53.4 Å². The van der Waals surface area contributed by atoms with Crippen molar-refractivity contribution in [2.45, 2.75) is 69.7 Å². The van der Waals surface area contributed by atoms with Crippen LogP contribution in [0.2, 0.25) is 0 Å². The second kappa shape index (κ2) is 32.4. The molecule has 4 rings (SSSR count). The first-order valence-corrected chi connectivity index (χ1v) is 26.3. The Balaban J connectivity index is 1.38. The summed E-state index contributed by atoms with van der Waals surface area (Å²) >= 11 is 9.05. The van der Waals surface area contributed by atoms with E-state index in [1.54, 1.807) is 29.2 Å². The number of nitrogens with two attached hydrogens (primary N) is 4. The van der Waals surface area contributed by atoms with E-state index in [1.165, 1.54) is 0 Å². The van der Waals surface area contributed by atoms with Gasteiger partial charge in [-0.25, -0.2) is 14.4 Å². The van der Waals surface area contributed by atoms with E-state index >= 15 is 0 Å². The number of nitrogens with zero attached hydrogens (tertiary/aromatic N) is 5. The molecule has 25 nitrogen and oxygen atoms in total. The Labute approximate surface area is 465 Å². The normalized spacial score (nSPS) is 15.7. The number of anilines is 1. The maximum atomic E-state index is 14.0. The molecule has 7 amide bonds. The average Bonchev–Trinajstić information content (AvgIpc) is 3.37. The second-order valence-corrected chi connectivity index (χ2v) is 20.2. The predicted octanol–water partition coefficient (Wildman–Crippen LogP) is -0.107. The van der Waals surface area contributed by atoms with Crippen molar-refractivity contribution < 1.29 is 58.5 Å². The summed E-state index contributed by atoms with van der Waals surface area (Å²) in [6.07, 6.45) is 0.0981. The molecule has 3 aromatic carbocycles. The summed E-state index contributed by atoms with van der Waals surface area (Å²) in [4.78, 5) is 119. The number of urea groups is 1. The van der Waals surface area contributed by atoms with Crippen LogP contribution in [0.1, 0.15) is 59.2 Å². The van der Waals surface area contributed by atoms with Crippen molar-refractivity contribution in [3.8, 4) is 0 Å². The first-order valence-electron chi connectivity index (χ1n) is 25.1. The lowest BCUT2D eigenvalue weighted by Crippen LogP contribution is -2.54. The number of carboxylic acids is 3. The molecule has 27 heteroatoms. The van der Waals surface area contributed by atoms with Gasteiger partial charge in [-0.15, -0.1) is 0 Å². The summed E-state index contributed by atoms with van der Waals surface area (Å²) in [7, 11) is 0.